The molecule has 1 aromatic rings. The van der Waals surface area contributed by atoms with Gasteiger partial charge in [0.25, 0.3) is 0 Å². The smallest absolute Gasteiger partial charge is 0.389 e. The molecule has 0 aromatic heterocycles. The van der Waals surface area contributed by atoms with Crippen LogP contribution in [0.5, 0.6) is 0 Å². The van der Waals surface area contributed by atoms with E-state index in [0.29, 0.717) is 0 Å². The Morgan fingerprint density at radius 1 is 1.50 bits per heavy atom. The van der Waals surface area contributed by atoms with Crippen molar-refractivity contribution in [1.29, 1.82) is 0 Å². The predicted molar refractivity (Wildman–Crippen MR) is 47.3 cm³/mol. The molecule has 0 spiro atoms. The fraction of sp³-hybridized carbons (Fsp3) is 0.125. The summed E-state index contributed by atoms with van der Waals surface area (Å²) in [5.74, 6) is -1.14. The van der Waals surface area contributed by atoms with Gasteiger partial charge in [0.2, 0.25) is 0 Å². The van der Waals surface area contributed by atoms with E-state index in [4.69, 9.17) is 17.3 Å². The van der Waals surface area contributed by atoms with Crippen LogP contribution in [0.4, 0.5) is 14.5 Å². The zero-order chi connectivity index (χ0) is 10.7. The number of carbonyl (C=O) groups is 1. The maximum atomic E-state index is 11.7. The van der Waals surface area contributed by atoms with Gasteiger partial charge in [0, 0.05) is 0 Å². The molecule has 76 valence electrons. The van der Waals surface area contributed by atoms with Gasteiger partial charge in [-0.25, -0.2) is 4.79 Å². The summed E-state index contributed by atoms with van der Waals surface area (Å²) in [4.78, 5) is 10.9. The van der Waals surface area contributed by atoms with Crippen molar-refractivity contribution in [2.75, 3.05) is 5.73 Å². The second kappa shape index (κ2) is 4.23. The summed E-state index contributed by atoms with van der Waals surface area (Å²) in [5, 5.41) is 0.249. The van der Waals surface area contributed by atoms with Crippen LogP contribution in [0.3, 0.4) is 0 Å². The van der Waals surface area contributed by atoms with Crippen molar-refractivity contribution in [3.63, 3.8) is 0 Å². The van der Waals surface area contributed by atoms with Crippen LogP contribution in [0.15, 0.2) is 18.2 Å². The first-order valence-electron chi connectivity index (χ1n) is 3.55. The Morgan fingerprint density at radius 2 is 2.14 bits per heavy atom. The van der Waals surface area contributed by atoms with Crippen LogP contribution in [0.1, 0.15) is 10.4 Å². The summed E-state index contributed by atoms with van der Waals surface area (Å²) in [5.41, 5.74) is 5.43. The first-order chi connectivity index (χ1) is 6.50. The van der Waals surface area contributed by atoms with Crippen LogP contribution in [0.25, 0.3) is 0 Å². The molecule has 1 rings (SSSR count). The highest BCUT2D eigenvalue weighted by Gasteiger charge is 2.13. The molecule has 0 aliphatic carbocycles. The maximum Gasteiger partial charge on any atom is 0.389 e. The topological polar surface area (TPSA) is 52.3 Å². The molecule has 0 saturated heterocycles. The third-order valence-corrected chi connectivity index (χ3v) is 1.77. The standard InChI is InChI=1S/C8H6ClF2NO2/c9-5-2-1-4(3-6(5)12)7(13)14-8(10)11/h1-3,8H,12H2. The Hall–Kier alpha value is -1.36. The summed E-state index contributed by atoms with van der Waals surface area (Å²) < 4.78 is 27.0. The van der Waals surface area contributed by atoms with Crippen molar-refractivity contribution in [3.8, 4) is 0 Å². The number of hydrogen-bond donors (Lipinski definition) is 1. The number of nitrogen functional groups attached to an aromatic ring is 1. The van der Waals surface area contributed by atoms with E-state index in [9.17, 15) is 13.6 Å². The van der Waals surface area contributed by atoms with Crippen LogP contribution in [-0.4, -0.2) is 12.6 Å². The van der Waals surface area contributed by atoms with Gasteiger partial charge in [-0.2, -0.15) is 8.78 Å². The highest BCUT2D eigenvalue weighted by Crippen LogP contribution is 2.20. The van der Waals surface area contributed by atoms with E-state index < -0.39 is 12.6 Å². The van der Waals surface area contributed by atoms with Crippen LogP contribution in [-0.2, 0) is 4.74 Å². The molecule has 6 heteroatoms. The number of nitrogens with two attached hydrogens (primary N) is 1. The second-order valence-electron chi connectivity index (χ2n) is 2.40. The fourth-order valence-corrected chi connectivity index (χ4v) is 0.937. The normalized spacial score (nSPS) is 10.3. The van der Waals surface area contributed by atoms with E-state index in [2.05, 4.69) is 4.74 Å². The minimum Gasteiger partial charge on any atom is -0.399 e. The zero-order valence-electron chi connectivity index (χ0n) is 6.84. The van der Waals surface area contributed by atoms with Crippen molar-refractivity contribution in [1.82, 2.24) is 0 Å². The minimum absolute atomic E-state index is 0.0628. The molecular weight excluding hydrogens is 216 g/mol. The van der Waals surface area contributed by atoms with Crippen LogP contribution in [0.2, 0.25) is 5.02 Å². The minimum atomic E-state index is -3.14. The van der Waals surface area contributed by atoms with Crippen LogP contribution < -0.4 is 5.73 Å². The first-order valence-corrected chi connectivity index (χ1v) is 3.92. The monoisotopic (exact) mass is 221 g/mol. The number of hydrogen-bond acceptors (Lipinski definition) is 3. The van der Waals surface area contributed by atoms with E-state index in [1.807, 2.05) is 0 Å². The Bertz CT molecular complexity index is 357. The zero-order valence-corrected chi connectivity index (χ0v) is 7.59. The molecule has 0 unspecified atom stereocenters. The van der Waals surface area contributed by atoms with Crippen molar-refractivity contribution < 1.29 is 18.3 Å². The predicted octanol–water partition coefficient (Wildman–Crippen LogP) is 2.30. The number of benzene rings is 1. The molecule has 0 aliphatic heterocycles. The van der Waals surface area contributed by atoms with Gasteiger partial charge < -0.3 is 10.5 Å². The van der Waals surface area contributed by atoms with Gasteiger partial charge in [0.15, 0.2) is 0 Å². The quantitative estimate of drug-likeness (QED) is 0.616. The van der Waals surface area contributed by atoms with Gasteiger partial charge >= 0.3 is 12.6 Å². The largest absolute Gasteiger partial charge is 0.399 e. The molecule has 3 nitrogen and oxygen atoms in total. The van der Waals surface area contributed by atoms with Gasteiger partial charge in [-0.05, 0) is 18.2 Å². The fourth-order valence-electron chi connectivity index (χ4n) is 0.820. The van der Waals surface area contributed by atoms with Crippen LogP contribution in [0, 0.1) is 0 Å². The van der Waals surface area contributed by atoms with Gasteiger partial charge in [-0.3, -0.25) is 0 Å². The van der Waals surface area contributed by atoms with Crippen molar-refractivity contribution in [2.45, 2.75) is 6.61 Å². The molecule has 0 fully saturated rings. The molecule has 0 saturated carbocycles. The molecule has 0 bridgehead atoms. The number of ether oxygens (including phenoxy) is 1. The van der Waals surface area contributed by atoms with E-state index in [-0.39, 0.29) is 16.3 Å². The Kier molecular flexibility index (Phi) is 3.24. The number of carbonyl (C=O) groups excluding carboxylic acids is 1. The van der Waals surface area contributed by atoms with E-state index in [1.54, 1.807) is 0 Å². The van der Waals surface area contributed by atoms with E-state index in [1.165, 1.54) is 18.2 Å². The van der Waals surface area contributed by atoms with Gasteiger partial charge in [-0.15, -0.1) is 0 Å². The molecule has 1 aromatic carbocycles. The molecule has 14 heavy (non-hydrogen) atoms. The lowest BCUT2D eigenvalue weighted by Gasteiger charge is -2.04. The van der Waals surface area contributed by atoms with Crippen molar-refractivity contribution in [3.05, 3.63) is 28.8 Å². The van der Waals surface area contributed by atoms with Gasteiger partial charge in [-0.1, -0.05) is 11.6 Å². The molecule has 0 atom stereocenters. The number of esters is 1. The highest BCUT2D eigenvalue weighted by molar-refractivity contribution is 6.33. The SMILES string of the molecule is Nc1cc(C(=O)OC(F)F)ccc1Cl. The molecule has 0 aliphatic rings. The Balaban J connectivity index is 2.86. The first kappa shape index (κ1) is 10.7. The van der Waals surface area contributed by atoms with Gasteiger partial charge in [0.05, 0.1) is 16.3 Å². The average Bonchev–Trinajstić information content (AvgIpc) is 2.08. The van der Waals surface area contributed by atoms with Crippen molar-refractivity contribution in [2.24, 2.45) is 0 Å². The maximum absolute atomic E-state index is 11.7. The summed E-state index contributed by atoms with van der Waals surface area (Å²) in [6, 6.07) is 3.76. The third-order valence-electron chi connectivity index (χ3n) is 1.43. The lowest BCUT2D eigenvalue weighted by Crippen LogP contribution is -2.09. The van der Waals surface area contributed by atoms with E-state index >= 15 is 0 Å². The number of rotatable bonds is 2. The van der Waals surface area contributed by atoms with Crippen molar-refractivity contribution >= 4 is 23.3 Å². The Labute approximate surface area is 83.4 Å². The molecule has 0 radical (unpaired) electrons. The third kappa shape index (κ3) is 2.56. The number of halogens is 3. The second-order valence-corrected chi connectivity index (χ2v) is 2.81. The molecule has 0 heterocycles. The summed E-state index contributed by atoms with van der Waals surface area (Å²) >= 11 is 5.57. The summed E-state index contributed by atoms with van der Waals surface area (Å²) in [6.45, 7) is -3.14. The lowest BCUT2D eigenvalue weighted by atomic mass is 10.2. The molecule has 2 N–H and O–H groups in total. The Morgan fingerprint density at radius 3 is 2.64 bits per heavy atom. The summed E-state index contributed by atoms with van der Waals surface area (Å²) in [7, 11) is 0. The lowest BCUT2D eigenvalue weighted by molar-refractivity contribution is -0.0906. The average molecular weight is 222 g/mol. The molecular formula is C8H6ClF2NO2. The summed E-state index contributed by atoms with van der Waals surface area (Å²) in [6.07, 6.45) is 0. The highest BCUT2D eigenvalue weighted by atomic mass is 35.5. The molecule has 0 amide bonds. The number of anilines is 1. The van der Waals surface area contributed by atoms with Gasteiger partial charge in [0.1, 0.15) is 0 Å². The van der Waals surface area contributed by atoms with E-state index in [0.717, 1.165) is 0 Å². The number of alkyl halides is 2. The van der Waals surface area contributed by atoms with Crippen LogP contribution >= 0.6 is 11.6 Å².